The van der Waals surface area contributed by atoms with Crippen molar-refractivity contribution in [1.29, 1.82) is 0 Å². The van der Waals surface area contributed by atoms with Crippen LogP contribution in [0.2, 0.25) is 0 Å². The van der Waals surface area contributed by atoms with Crippen LogP contribution in [0.1, 0.15) is 28.8 Å². The number of hydrogen-bond acceptors (Lipinski definition) is 3. The molecular formula is C20H20F4N2O2. The third-order valence-corrected chi connectivity index (χ3v) is 4.63. The molecule has 0 spiro atoms. The average Bonchev–Trinajstić information content (AvgIpc) is 2.66. The molecule has 1 aliphatic heterocycles. The van der Waals surface area contributed by atoms with Crippen LogP contribution in [0.4, 0.5) is 17.6 Å². The van der Waals surface area contributed by atoms with Crippen LogP contribution in [0.25, 0.3) is 0 Å². The highest BCUT2D eigenvalue weighted by Crippen LogP contribution is 2.18. The van der Waals surface area contributed by atoms with Gasteiger partial charge in [0, 0.05) is 31.2 Å². The predicted octanol–water partition coefficient (Wildman–Crippen LogP) is 3.96. The molecule has 1 fully saturated rings. The van der Waals surface area contributed by atoms with Gasteiger partial charge in [-0.05, 0) is 48.7 Å². The van der Waals surface area contributed by atoms with Gasteiger partial charge in [0.2, 0.25) is 0 Å². The molecule has 8 heteroatoms. The molecule has 1 heterocycles. The molecule has 1 amide bonds. The molecule has 0 aromatic heterocycles. The van der Waals surface area contributed by atoms with E-state index < -0.39 is 18.2 Å². The summed E-state index contributed by atoms with van der Waals surface area (Å²) in [6.07, 6.45) is 1.39. The van der Waals surface area contributed by atoms with Crippen LogP contribution in [0, 0.1) is 11.6 Å². The molecule has 150 valence electrons. The van der Waals surface area contributed by atoms with Gasteiger partial charge in [0.25, 0.3) is 5.91 Å². The number of alkyl halides is 2. The van der Waals surface area contributed by atoms with Crippen LogP contribution in [0.3, 0.4) is 0 Å². The summed E-state index contributed by atoms with van der Waals surface area (Å²) >= 11 is 0. The monoisotopic (exact) mass is 396 g/mol. The highest BCUT2D eigenvalue weighted by molar-refractivity contribution is 5.94. The third-order valence-electron chi connectivity index (χ3n) is 4.63. The van der Waals surface area contributed by atoms with Crippen LogP contribution in [-0.4, -0.2) is 36.5 Å². The Morgan fingerprint density at radius 3 is 2.54 bits per heavy atom. The predicted molar refractivity (Wildman–Crippen MR) is 95.2 cm³/mol. The maximum atomic E-state index is 13.3. The molecule has 2 aromatic carbocycles. The second kappa shape index (κ2) is 9.05. The number of likely N-dealkylation sites (tertiary alicyclic amines) is 1. The van der Waals surface area contributed by atoms with Crippen molar-refractivity contribution in [2.75, 3.05) is 13.1 Å². The number of carbonyl (C=O) groups is 1. The van der Waals surface area contributed by atoms with E-state index in [4.69, 9.17) is 0 Å². The first-order valence-electron chi connectivity index (χ1n) is 8.93. The number of halogens is 4. The molecule has 1 aliphatic rings. The van der Waals surface area contributed by atoms with Crippen molar-refractivity contribution < 1.29 is 27.1 Å². The molecule has 4 nitrogen and oxygen atoms in total. The molecule has 0 unspecified atom stereocenters. The van der Waals surface area contributed by atoms with E-state index in [-0.39, 0.29) is 23.3 Å². The van der Waals surface area contributed by atoms with E-state index in [9.17, 15) is 22.4 Å². The number of hydrogen-bond donors (Lipinski definition) is 1. The number of amides is 1. The Kier molecular flexibility index (Phi) is 6.51. The van der Waals surface area contributed by atoms with Gasteiger partial charge < -0.3 is 10.1 Å². The Morgan fingerprint density at radius 1 is 1.11 bits per heavy atom. The highest BCUT2D eigenvalue weighted by Gasteiger charge is 2.22. The Hall–Kier alpha value is -2.61. The molecule has 2 aromatic rings. The number of nitrogens with one attached hydrogen (secondary N) is 1. The first kappa shape index (κ1) is 20.1. The Bertz CT molecular complexity index is 824. The van der Waals surface area contributed by atoms with Crippen molar-refractivity contribution >= 4 is 5.91 Å². The lowest BCUT2D eigenvalue weighted by Crippen LogP contribution is -2.44. The molecule has 3 rings (SSSR count). The number of ether oxygens (including phenoxy) is 1. The number of benzene rings is 2. The molecule has 28 heavy (non-hydrogen) atoms. The fourth-order valence-corrected chi connectivity index (χ4v) is 3.21. The van der Waals surface area contributed by atoms with E-state index >= 15 is 0 Å². The maximum absolute atomic E-state index is 13.3. The highest BCUT2D eigenvalue weighted by atomic mass is 19.3. The minimum atomic E-state index is -2.95. The number of rotatable bonds is 6. The summed E-state index contributed by atoms with van der Waals surface area (Å²) in [5.74, 6) is -2.14. The van der Waals surface area contributed by atoms with Gasteiger partial charge in [0.05, 0.1) is 0 Å². The lowest BCUT2D eigenvalue weighted by molar-refractivity contribution is -0.0498. The third kappa shape index (κ3) is 5.45. The molecule has 0 radical (unpaired) electrons. The van der Waals surface area contributed by atoms with Gasteiger partial charge in [-0.25, -0.2) is 8.78 Å². The average molecular weight is 396 g/mol. The molecule has 0 bridgehead atoms. The zero-order valence-electron chi connectivity index (χ0n) is 15.0. The van der Waals surface area contributed by atoms with Crippen molar-refractivity contribution in [3.8, 4) is 5.75 Å². The van der Waals surface area contributed by atoms with Gasteiger partial charge in [-0.1, -0.05) is 12.1 Å². The summed E-state index contributed by atoms with van der Waals surface area (Å²) in [7, 11) is 0. The quantitative estimate of drug-likeness (QED) is 0.752. The molecule has 1 N–H and O–H groups in total. The zero-order chi connectivity index (χ0) is 20.1. The second-order valence-corrected chi connectivity index (χ2v) is 6.68. The van der Waals surface area contributed by atoms with Gasteiger partial charge in [0.1, 0.15) is 5.75 Å². The van der Waals surface area contributed by atoms with E-state index in [0.29, 0.717) is 38.0 Å². The normalized spacial score (nSPS) is 15.6. The van der Waals surface area contributed by atoms with Crippen LogP contribution < -0.4 is 10.1 Å². The maximum Gasteiger partial charge on any atom is 0.387 e. The van der Waals surface area contributed by atoms with E-state index in [0.717, 1.165) is 6.07 Å². The zero-order valence-corrected chi connectivity index (χ0v) is 15.0. The van der Waals surface area contributed by atoms with E-state index in [1.807, 2.05) is 0 Å². The van der Waals surface area contributed by atoms with Gasteiger partial charge in [-0.15, -0.1) is 0 Å². The summed E-state index contributed by atoms with van der Waals surface area (Å²) in [5.41, 5.74) is 0.944. The summed E-state index contributed by atoms with van der Waals surface area (Å²) in [4.78, 5) is 14.5. The van der Waals surface area contributed by atoms with E-state index in [1.54, 1.807) is 6.07 Å². The molecule has 0 aliphatic carbocycles. The fourth-order valence-electron chi connectivity index (χ4n) is 3.21. The van der Waals surface area contributed by atoms with Crippen molar-refractivity contribution in [2.45, 2.75) is 32.0 Å². The van der Waals surface area contributed by atoms with Crippen LogP contribution >= 0.6 is 0 Å². The fraction of sp³-hybridized carbons (Fsp3) is 0.350. The lowest BCUT2D eigenvalue weighted by Gasteiger charge is -2.32. The summed E-state index contributed by atoms with van der Waals surface area (Å²) in [6.45, 7) is -1.06. The summed E-state index contributed by atoms with van der Waals surface area (Å²) in [6, 6.07) is 9.47. The van der Waals surface area contributed by atoms with E-state index in [2.05, 4.69) is 15.0 Å². The largest absolute Gasteiger partial charge is 0.435 e. The van der Waals surface area contributed by atoms with Crippen molar-refractivity contribution in [2.24, 2.45) is 0 Å². The topological polar surface area (TPSA) is 41.6 Å². The first-order valence-corrected chi connectivity index (χ1v) is 8.93. The van der Waals surface area contributed by atoms with Crippen molar-refractivity contribution in [1.82, 2.24) is 10.2 Å². The van der Waals surface area contributed by atoms with Gasteiger partial charge in [0.15, 0.2) is 11.6 Å². The lowest BCUT2D eigenvalue weighted by atomic mass is 10.0. The Morgan fingerprint density at radius 2 is 1.86 bits per heavy atom. The van der Waals surface area contributed by atoms with Gasteiger partial charge in [-0.3, -0.25) is 9.69 Å². The minimum Gasteiger partial charge on any atom is -0.435 e. The minimum absolute atomic E-state index is 0.0478. The summed E-state index contributed by atoms with van der Waals surface area (Å²) < 4.78 is 55.2. The van der Waals surface area contributed by atoms with Crippen LogP contribution in [0.15, 0.2) is 42.5 Å². The number of nitrogens with zero attached hydrogens (tertiary/aromatic N) is 1. The first-order chi connectivity index (χ1) is 13.4. The molecule has 0 atom stereocenters. The van der Waals surface area contributed by atoms with Gasteiger partial charge in [-0.2, -0.15) is 8.78 Å². The van der Waals surface area contributed by atoms with Gasteiger partial charge >= 0.3 is 6.61 Å². The molecular weight excluding hydrogens is 376 g/mol. The standard InChI is InChI=1S/C20H20F4N2O2/c21-17-5-4-13(10-18(17)22)12-26-8-6-15(7-9-26)25-19(27)14-2-1-3-16(11-14)28-20(23)24/h1-5,10-11,15,20H,6-9,12H2,(H,25,27). The number of carbonyl (C=O) groups excluding carboxylic acids is 1. The van der Waals surface area contributed by atoms with Crippen molar-refractivity contribution in [3.05, 3.63) is 65.2 Å². The van der Waals surface area contributed by atoms with Crippen LogP contribution in [0.5, 0.6) is 5.75 Å². The van der Waals surface area contributed by atoms with Crippen LogP contribution in [-0.2, 0) is 6.54 Å². The SMILES string of the molecule is O=C(NC1CCN(Cc2ccc(F)c(F)c2)CC1)c1cccc(OC(F)F)c1. The Labute approximate surface area is 160 Å². The van der Waals surface area contributed by atoms with E-state index in [1.165, 1.54) is 30.3 Å². The molecule has 0 saturated carbocycles. The Balaban J connectivity index is 1.50. The van der Waals surface area contributed by atoms with Crippen molar-refractivity contribution in [3.63, 3.8) is 0 Å². The summed E-state index contributed by atoms with van der Waals surface area (Å²) in [5, 5.41) is 2.90. The molecule has 1 saturated heterocycles. The number of piperidine rings is 1. The second-order valence-electron chi connectivity index (χ2n) is 6.68. The smallest absolute Gasteiger partial charge is 0.387 e.